The summed E-state index contributed by atoms with van der Waals surface area (Å²) in [6.45, 7) is 7.37. The van der Waals surface area contributed by atoms with Gasteiger partial charge in [0.2, 0.25) is 5.91 Å². The molecule has 1 amide bonds. The lowest BCUT2D eigenvalue weighted by molar-refractivity contribution is -0.130. The number of hydrogen-bond donors (Lipinski definition) is 0. The standard InChI is InChI=1S/C21H25N5O2/c1-14-11-23-21(17-5-4-9-22-12-17)26(14)18-8-10-25(13-18)20(27)7-6-19-15(2)24-28-16(19)3/h4-5,9,11-12,18H,6-8,10,13H2,1-3H3. The van der Waals surface area contributed by atoms with Crippen LogP contribution in [0.4, 0.5) is 0 Å². The molecule has 1 aliphatic heterocycles. The Bertz CT molecular complexity index is 957. The summed E-state index contributed by atoms with van der Waals surface area (Å²) >= 11 is 0. The van der Waals surface area contributed by atoms with Crippen LogP contribution in [-0.4, -0.2) is 43.6 Å². The number of nitrogens with zero attached hydrogens (tertiary/aromatic N) is 5. The van der Waals surface area contributed by atoms with Crippen molar-refractivity contribution in [3.63, 3.8) is 0 Å². The van der Waals surface area contributed by atoms with Gasteiger partial charge in [0, 0.05) is 54.9 Å². The number of amides is 1. The van der Waals surface area contributed by atoms with E-state index in [0.717, 1.165) is 47.1 Å². The third-order valence-corrected chi connectivity index (χ3v) is 5.55. The van der Waals surface area contributed by atoms with E-state index in [4.69, 9.17) is 4.52 Å². The number of carbonyl (C=O) groups excluding carboxylic acids is 1. The highest BCUT2D eigenvalue weighted by Gasteiger charge is 2.29. The van der Waals surface area contributed by atoms with Gasteiger partial charge in [0.1, 0.15) is 11.6 Å². The number of rotatable bonds is 5. The molecule has 1 fully saturated rings. The van der Waals surface area contributed by atoms with Gasteiger partial charge in [-0.25, -0.2) is 4.98 Å². The highest BCUT2D eigenvalue weighted by Crippen LogP contribution is 2.29. The van der Waals surface area contributed by atoms with E-state index in [2.05, 4.69) is 26.6 Å². The van der Waals surface area contributed by atoms with Crippen molar-refractivity contribution in [3.8, 4) is 11.4 Å². The van der Waals surface area contributed by atoms with Crippen molar-refractivity contribution in [3.05, 3.63) is 53.4 Å². The lowest BCUT2D eigenvalue weighted by atomic mass is 10.1. The Morgan fingerprint density at radius 1 is 1.29 bits per heavy atom. The largest absolute Gasteiger partial charge is 0.361 e. The van der Waals surface area contributed by atoms with Crippen LogP contribution < -0.4 is 0 Å². The molecule has 3 aromatic heterocycles. The molecular weight excluding hydrogens is 354 g/mol. The lowest BCUT2D eigenvalue weighted by Gasteiger charge is -2.19. The van der Waals surface area contributed by atoms with Crippen molar-refractivity contribution in [2.45, 2.75) is 46.1 Å². The Hall–Kier alpha value is -2.96. The van der Waals surface area contributed by atoms with Crippen molar-refractivity contribution in [1.29, 1.82) is 0 Å². The average molecular weight is 379 g/mol. The Morgan fingerprint density at radius 2 is 2.14 bits per heavy atom. The molecule has 3 aromatic rings. The second-order valence-corrected chi connectivity index (χ2v) is 7.42. The molecule has 0 aliphatic carbocycles. The molecule has 0 saturated carbocycles. The van der Waals surface area contributed by atoms with E-state index < -0.39 is 0 Å². The fourth-order valence-electron chi connectivity index (χ4n) is 4.04. The van der Waals surface area contributed by atoms with E-state index in [0.29, 0.717) is 19.4 Å². The SMILES string of the molecule is Cc1noc(C)c1CCC(=O)N1CCC(n2c(C)cnc2-c2cccnc2)C1. The third kappa shape index (κ3) is 3.44. The van der Waals surface area contributed by atoms with Gasteiger partial charge in [-0.1, -0.05) is 5.16 Å². The minimum absolute atomic E-state index is 0.184. The normalized spacial score (nSPS) is 16.7. The van der Waals surface area contributed by atoms with E-state index in [1.807, 2.05) is 43.3 Å². The first-order chi connectivity index (χ1) is 13.5. The van der Waals surface area contributed by atoms with Crippen LogP contribution in [0.3, 0.4) is 0 Å². The molecule has 28 heavy (non-hydrogen) atoms. The van der Waals surface area contributed by atoms with Crippen LogP contribution in [0.2, 0.25) is 0 Å². The summed E-state index contributed by atoms with van der Waals surface area (Å²) < 4.78 is 7.45. The minimum Gasteiger partial charge on any atom is -0.361 e. The van der Waals surface area contributed by atoms with Crippen LogP contribution >= 0.6 is 0 Å². The van der Waals surface area contributed by atoms with E-state index in [1.54, 1.807) is 6.20 Å². The van der Waals surface area contributed by atoms with Crippen molar-refractivity contribution in [2.75, 3.05) is 13.1 Å². The number of aryl methyl sites for hydroxylation is 3. The van der Waals surface area contributed by atoms with Crippen LogP contribution in [-0.2, 0) is 11.2 Å². The summed E-state index contributed by atoms with van der Waals surface area (Å²) in [5, 5.41) is 3.97. The molecule has 0 bridgehead atoms. The number of pyridine rings is 1. The molecule has 4 rings (SSSR count). The molecule has 1 saturated heterocycles. The molecule has 7 nitrogen and oxygen atoms in total. The maximum atomic E-state index is 12.8. The molecule has 1 unspecified atom stereocenters. The first-order valence-electron chi connectivity index (χ1n) is 9.68. The Kier molecular flexibility index (Phi) is 4.98. The molecule has 1 aliphatic rings. The molecule has 4 heterocycles. The first-order valence-corrected chi connectivity index (χ1v) is 9.68. The van der Waals surface area contributed by atoms with E-state index in [-0.39, 0.29) is 11.9 Å². The fraction of sp³-hybridized carbons (Fsp3) is 0.429. The number of imidazole rings is 1. The van der Waals surface area contributed by atoms with Crippen LogP contribution in [0.25, 0.3) is 11.4 Å². The van der Waals surface area contributed by atoms with Gasteiger partial charge in [-0.15, -0.1) is 0 Å². The summed E-state index contributed by atoms with van der Waals surface area (Å²) in [5.74, 6) is 1.91. The zero-order chi connectivity index (χ0) is 19.7. The quantitative estimate of drug-likeness (QED) is 0.680. The second-order valence-electron chi connectivity index (χ2n) is 7.42. The predicted octanol–water partition coefficient (Wildman–Crippen LogP) is 3.26. The molecular formula is C21H25N5O2. The number of carbonyl (C=O) groups is 1. The number of hydrogen-bond acceptors (Lipinski definition) is 5. The molecule has 7 heteroatoms. The van der Waals surface area contributed by atoms with Gasteiger partial charge in [0.05, 0.1) is 11.7 Å². The molecule has 0 N–H and O–H groups in total. The summed E-state index contributed by atoms with van der Waals surface area (Å²) in [7, 11) is 0. The predicted molar refractivity (Wildman–Crippen MR) is 105 cm³/mol. The van der Waals surface area contributed by atoms with Gasteiger partial charge < -0.3 is 14.0 Å². The van der Waals surface area contributed by atoms with Crippen molar-refractivity contribution < 1.29 is 9.32 Å². The summed E-state index contributed by atoms with van der Waals surface area (Å²) in [4.78, 5) is 23.5. The Labute approximate surface area is 164 Å². The zero-order valence-electron chi connectivity index (χ0n) is 16.6. The molecule has 146 valence electrons. The summed E-state index contributed by atoms with van der Waals surface area (Å²) in [6, 6.07) is 4.18. The van der Waals surface area contributed by atoms with Gasteiger partial charge >= 0.3 is 0 Å². The molecule has 0 spiro atoms. The fourth-order valence-corrected chi connectivity index (χ4v) is 4.04. The van der Waals surface area contributed by atoms with Gasteiger partial charge in [0.25, 0.3) is 0 Å². The van der Waals surface area contributed by atoms with Gasteiger partial charge in [-0.05, 0) is 45.7 Å². The summed E-state index contributed by atoms with van der Waals surface area (Å²) in [5.41, 5.74) is 4.03. The average Bonchev–Trinajstić information content (AvgIpc) is 3.40. The van der Waals surface area contributed by atoms with Crippen LogP contribution in [0, 0.1) is 20.8 Å². The van der Waals surface area contributed by atoms with Crippen molar-refractivity contribution in [1.82, 2.24) is 24.6 Å². The first kappa shape index (κ1) is 18.4. The molecule has 0 radical (unpaired) electrons. The maximum absolute atomic E-state index is 12.8. The van der Waals surface area contributed by atoms with E-state index in [9.17, 15) is 4.79 Å². The lowest BCUT2D eigenvalue weighted by Crippen LogP contribution is -2.29. The highest BCUT2D eigenvalue weighted by molar-refractivity contribution is 5.77. The van der Waals surface area contributed by atoms with Crippen LogP contribution in [0.1, 0.15) is 41.6 Å². The van der Waals surface area contributed by atoms with Crippen LogP contribution in [0.5, 0.6) is 0 Å². The van der Waals surface area contributed by atoms with Gasteiger partial charge in [0.15, 0.2) is 0 Å². The van der Waals surface area contributed by atoms with Crippen LogP contribution in [0.15, 0.2) is 35.2 Å². The summed E-state index contributed by atoms with van der Waals surface area (Å²) in [6.07, 6.45) is 7.57. The van der Waals surface area contributed by atoms with Gasteiger partial charge in [-0.3, -0.25) is 9.78 Å². The monoisotopic (exact) mass is 379 g/mol. The topological polar surface area (TPSA) is 77.0 Å². The Morgan fingerprint density at radius 3 is 2.86 bits per heavy atom. The Balaban J connectivity index is 1.45. The maximum Gasteiger partial charge on any atom is 0.222 e. The minimum atomic E-state index is 0.184. The molecule has 1 atom stereocenters. The van der Waals surface area contributed by atoms with E-state index >= 15 is 0 Å². The number of likely N-dealkylation sites (tertiary alicyclic amines) is 1. The van der Waals surface area contributed by atoms with Crippen molar-refractivity contribution in [2.24, 2.45) is 0 Å². The van der Waals surface area contributed by atoms with E-state index in [1.165, 1.54) is 0 Å². The molecule has 0 aromatic carbocycles. The van der Waals surface area contributed by atoms with Gasteiger partial charge in [-0.2, -0.15) is 0 Å². The van der Waals surface area contributed by atoms with Crippen molar-refractivity contribution >= 4 is 5.91 Å². The number of aromatic nitrogens is 4. The zero-order valence-corrected chi connectivity index (χ0v) is 16.6. The smallest absolute Gasteiger partial charge is 0.222 e. The third-order valence-electron chi connectivity index (χ3n) is 5.55. The highest BCUT2D eigenvalue weighted by atomic mass is 16.5. The second kappa shape index (κ2) is 7.58.